The van der Waals surface area contributed by atoms with Crippen molar-refractivity contribution in [2.45, 2.75) is 12.7 Å². The maximum Gasteiger partial charge on any atom is 0.401 e. The molecule has 1 saturated heterocycles. The van der Waals surface area contributed by atoms with Gasteiger partial charge in [-0.15, -0.1) is 0 Å². The van der Waals surface area contributed by atoms with Crippen molar-refractivity contribution in [1.29, 1.82) is 0 Å². The van der Waals surface area contributed by atoms with Gasteiger partial charge in [0.1, 0.15) is 5.82 Å². The molecule has 2 heterocycles. The molecule has 4 nitrogen and oxygen atoms in total. The van der Waals surface area contributed by atoms with E-state index in [1.165, 1.54) is 4.90 Å². The van der Waals surface area contributed by atoms with Crippen molar-refractivity contribution < 1.29 is 13.2 Å². The molecule has 0 aromatic carbocycles. The molecule has 1 N–H and O–H groups in total. The minimum Gasteiger partial charge on any atom is -0.348 e. The third-order valence-corrected chi connectivity index (χ3v) is 2.80. The van der Waals surface area contributed by atoms with Crippen LogP contribution in [-0.2, 0) is 6.54 Å². The minimum atomic E-state index is -4.09. The Morgan fingerprint density at radius 2 is 1.82 bits per heavy atom. The summed E-state index contributed by atoms with van der Waals surface area (Å²) in [6.07, 6.45) is -0.673. The molecule has 1 aliphatic rings. The molecule has 1 aliphatic heterocycles. The van der Waals surface area contributed by atoms with Gasteiger partial charge in [-0.2, -0.15) is 13.2 Å². The van der Waals surface area contributed by atoms with Crippen molar-refractivity contribution >= 4 is 0 Å². The van der Waals surface area contributed by atoms with Crippen molar-refractivity contribution in [3.05, 3.63) is 18.2 Å². The van der Waals surface area contributed by atoms with Crippen molar-refractivity contribution in [1.82, 2.24) is 19.8 Å². The standard InChI is InChI=1S/C10H15F3N4/c11-10(12,13)8-17-5-3-16(4-6-17)7-9-14-1-2-15-9/h1-2H,3-8H2,(H,14,15). The molecule has 0 aliphatic carbocycles. The van der Waals surface area contributed by atoms with Crippen LogP contribution in [0.5, 0.6) is 0 Å². The molecule has 1 aromatic rings. The molecule has 96 valence electrons. The van der Waals surface area contributed by atoms with E-state index >= 15 is 0 Å². The predicted octanol–water partition coefficient (Wildman–Crippen LogP) is 1.09. The lowest BCUT2D eigenvalue weighted by Crippen LogP contribution is -2.48. The van der Waals surface area contributed by atoms with E-state index in [0.717, 1.165) is 5.82 Å². The topological polar surface area (TPSA) is 35.2 Å². The van der Waals surface area contributed by atoms with Crippen molar-refractivity contribution in [3.63, 3.8) is 0 Å². The van der Waals surface area contributed by atoms with E-state index in [-0.39, 0.29) is 0 Å². The fourth-order valence-corrected chi connectivity index (χ4v) is 1.96. The Labute approximate surface area is 97.4 Å². The molecule has 0 radical (unpaired) electrons. The van der Waals surface area contributed by atoms with Gasteiger partial charge in [-0.3, -0.25) is 9.80 Å². The van der Waals surface area contributed by atoms with E-state index in [1.54, 1.807) is 12.4 Å². The highest BCUT2D eigenvalue weighted by Crippen LogP contribution is 2.17. The lowest BCUT2D eigenvalue weighted by molar-refractivity contribution is -0.149. The highest BCUT2D eigenvalue weighted by Gasteiger charge is 2.32. The second-order valence-corrected chi connectivity index (χ2v) is 4.20. The first-order valence-corrected chi connectivity index (χ1v) is 5.53. The third kappa shape index (κ3) is 4.01. The van der Waals surface area contributed by atoms with Crippen LogP contribution in [0.2, 0.25) is 0 Å². The fraction of sp³-hybridized carbons (Fsp3) is 0.700. The zero-order chi connectivity index (χ0) is 12.3. The van der Waals surface area contributed by atoms with Crippen LogP contribution in [0, 0.1) is 0 Å². The Morgan fingerprint density at radius 1 is 1.18 bits per heavy atom. The summed E-state index contributed by atoms with van der Waals surface area (Å²) in [5.74, 6) is 0.856. The smallest absolute Gasteiger partial charge is 0.348 e. The number of aromatic nitrogens is 2. The zero-order valence-corrected chi connectivity index (χ0v) is 9.37. The fourth-order valence-electron chi connectivity index (χ4n) is 1.96. The van der Waals surface area contributed by atoms with Gasteiger partial charge in [0.2, 0.25) is 0 Å². The molecule has 1 fully saturated rings. The summed E-state index contributed by atoms with van der Waals surface area (Å²) < 4.78 is 36.5. The number of imidazole rings is 1. The third-order valence-electron chi connectivity index (χ3n) is 2.80. The average Bonchev–Trinajstić information content (AvgIpc) is 2.71. The van der Waals surface area contributed by atoms with E-state index < -0.39 is 12.7 Å². The normalized spacial score (nSPS) is 19.7. The molecular weight excluding hydrogens is 233 g/mol. The molecule has 0 unspecified atom stereocenters. The molecule has 0 atom stereocenters. The maximum atomic E-state index is 12.2. The van der Waals surface area contributed by atoms with Crippen LogP contribution in [0.15, 0.2) is 12.4 Å². The SMILES string of the molecule is FC(F)(F)CN1CCN(Cc2ncc[nH]2)CC1. The van der Waals surface area contributed by atoms with Crippen molar-refractivity contribution in [2.75, 3.05) is 32.7 Å². The second-order valence-electron chi connectivity index (χ2n) is 4.20. The lowest BCUT2D eigenvalue weighted by atomic mass is 10.3. The van der Waals surface area contributed by atoms with Crippen LogP contribution < -0.4 is 0 Å². The summed E-state index contributed by atoms with van der Waals surface area (Å²) >= 11 is 0. The minimum absolute atomic E-state index is 0.459. The number of alkyl halides is 3. The Bertz CT molecular complexity index is 328. The summed E-state index contributed by atoms with van der Waals surface area (Å²) in [5.41, 5.74) is 0. The Balaban J connectivity index is 1.74. The van der Waals surface area contributed by atoms with Crippen LogP contribution in [0.1, 0.15) is 5.82 Å². The largest absolute Gasteiger partial charge is 0.401 e. The molecule has 17 heavy (non-hydrogen) atoms. The summed E-state index contributed by atoms with van der Waals surface area (Å²) in [7, 11) is 0. The van der Waals surface area contributed by atoms with Crippen LogP contribution in [0.25, 0.3) is 0 Å². The molecule has 1 aromatic heterocycles. The predicted molar refractivity (Wildman–Crippen MR) is 56.4 cm³/mol. The summed E-state index contributed by atoms with van der Waals surface area (Å²) in [6.45, 7) is 2.09. The van der Waals surface area contributed by atoms with Crippen molar-refractivity contribution in [3.8, 4) is 0 Å². The number of piperazine rings is 1. The Kier molecular flexibility index (Phi) is 3.68. The van der Waals surface area contributed by atoms with Gasteiger partial charge in [0.25, 0.3) is 0 Å². The van der Waals surface area contributed by atoms with Gasteiger partial charge in [0.05, 0.1) is 13.1 Å². The first-order chi connectivity index (χ1) is 8.03. The van der Waals surface area contributed by atoms with Crippen LogP contribution in [0.3, 0.4) is 0 Å². The number of nitrogens with one attached hydrogen (secondary N) is 1. The van der Waals surface area contributed by atoms with Crippen molar-refractivity contribution in [2.24, 2.45) is 0 Å². The number of nitrogens with zero attached hydrogens (tertiary/aromatic N) is 3. The Morgan fingerprint density at radius 3 is 2.35 bits per heavy atom. The summed E-state index contributed by atoms with van der Waals surface area (Å²) in [4.78, 5) is 10.6. The monoisotopic (exact) mass is 248 g/mol. The van der Waals surface area contributed by atoms with E-state index in [2.05, 4.69) is 14.9 Å². The number of halogens is 3. The number of H-pyrrole nitrogens is 1. The first kappa shape index (κ1) is 12.4. The lowest BCUT2D eigenvalue weighted by Gasteiger charge is -2.34. The molecule has 2 rings (SSSR count). The molecule has 0 saturated carbocycles. The number of hydrogen-bond acceptors (Lipinski definition) is 3. The van der Waals surface area contributed by atoms with E-state index in [4.69, 9.17) is 0 Å². The quantitative estimate of drug-likeness (QED) is 0.869. The highest BCUT2D eigenvalue weighted by molar-refractivity contribution is 4.88. The molecule has 7 heteroatoms. The molecule has 0 bridgehead atoms. The average molecular weight is 248 g/mol. The highest BCUT2D eigenvalue weighted by atomic mass is 19.4. The molecular formula is C10H15F3N4. The molecule has 0 spiro atoms. The maximum absolute atomic E-state index is 12.2. The van der Waals surface area contributed by atoms with Gasteiger partial charge in [0, 0.05) is 38.6 Å². The number of rotatable bonds is 3. The first-order valence-electron chi connectivity index (χ1n) is 5.53. The van der Waals surface area contributed by atoms with Gasteiger partial charge >= 0.3 is 6.18 Å². The Hall–Kier alpha value is -1.08. The van der Waals surface area contributed by atoms with E-state index in [0.29, 0.717) is 32.7 Å². The van der Waals surface area contributed by atoms with Crippen LogP contribution in [-0.4, -0.2) is 58.7 Å². The van der Waals surface area contributed by atoms with E-state index in [9.17, 15) is 13.2 Å². The van der Waals surface area contributed by atoms with Gasteiger partial charge in [-0.25, -0.2) is 4.98 Å². The van der Waals surface area contributed by atoms with Gasteiger partial charge in [-0.1, -0.05) is 0 Å². The van der Waals surface area contributed by atoms with Gasteiger partial charge in [0.15, 0.2) is 0 Å². The second kappa shape index (κ2) is 5.05. The van der Waals surface area contributed by atoms with Gasteiger partial charge < -0.3 is 4.98 Å². The zero-order valence-electron chi connectivity index (χ0n) is 9.37. The number of hydrogen-bond donors (Lipinski definition) is 1. The summed E-state index contributed by atoms with van der Waals surface area (Å²) in [5, 5.41) is 0. The van der Waals surface area contributed by atoms with Gasteiger partial charge in [-0.05, 0) is 0 Å². The van der Waals surface area contributed by atoms with Crippen LogP contribution >= 0.6 is 0 Å². The van der Waals surface area contributed by atoms with Crippen LogP contribution in [0.4, 0.5) is 13.2 Å². The summed E-state index contributed by atoms with van der Waals surface area (Å²) in [6, 6.07) is 0. The van der Waals surface area contributed by atoms with E-state index in [1.807, 2.05) is 0 Å². The molecule has 0 amide bonds. The number of aromatic amines is 1.